The van der Waals surface area contributed by atoms with Crippen molar-refractivity contribution in [2.75, 3.05) is 6.54 Å². The van der Waals surface area contributed by atoms with Crippen LogP contribution < -0.4 is 9.46 Å². The molecule has 1 aliphatic rings. The van der Waals surface area contributed by atoms with Crippen molar-refractivity contribution in [1.82, 2.24) is 4.72 Å². The lowest BCUT2D eigenvalue weighted by molar-refractivity contribution is 0.214. The SMILES string of the molecule is C[C@@H]1c2ccccc2O[C@@H]1CNS(=O)(=O)c1ccc(C#N)o1. The van der Waals surface area contributed by atoms with Gasteiger partial charge in [-0.3, -0.25) is 0 Å². The number of hydrogen-bond acceptors (Lipinski definition) is 5. The number of fused-ring (bicyclic) bond motifs is 1. The van der Waals surface area contributed by atoms with Crippen LogP contribution >= 0.6 is 0 Å². The van der Waals surface area contributed by atoms with Gasteiger partial charge in [0.2, 0.25) is 10.9 Å². The summed E-state index contributed by atoms with van der Waals surface area (Å²) in [5.74, 6) is 0.826. The Labute approximate surface area is 128 Å². The van der Waals surface area contributed by atoms with Gasteiger partial charge >= 0.3 is 0 Å². The number of sulfonamides is 1. The minimum Gasteiger partial charge on any atom is -0.488 e. The van der Waals surface area contributed by atoms with Crippen LogP contribution in [0.2, 0.25) is 0 Å². The third kappa shape index (κ3) is 2.58. The Bertz CT molecular complexity index is 835. The van der Waals surface area contributed by atoms with Crippen molar-refractivity contribution in [1.29, 1.82) is 5.26 Å². The van der Waals surface area contributed by atoms with Gasteiger partial charge in [0.05, 0.1) is 0 Å². The van der Waals surface area contributed by atoms with E-state index in [1.807, 2.05) is 31.2 Å². The molecule has 1 aromatic heterocycles. The fraction of sp³-hybridized carbons (Fsp3) is 0.267. The Balaban J connectivity index is 1.70. The molecule has 22 heavy (non-hydrogen) atoms. The molecule has 1 aromatic carbocycles. The highest BCUT2D eigenvalue weighted by molar-refractivity contribution is 7.89. The average molecular weight is 318 g/mol. The molecule has 2 heterocycles. The molecule has 2 aromatic rings. The predicted octanol–water partition coefficient (Wildman–Crippen LogP) is 1.99. The number of hydrogen-bond donors (Lipinski definition) is 1. The molecule has 6 nitrogen and oxygen atoms in total. The fourth-order valence-electron chi connectivity index (χ4n) is 2.44. The Kier molecular flexibility index (Phi) is 3.64. The molecule has 0 radical (unpaired) electrons. The summed E-state index contributed by atoms with van der Waals surface area (Å²) in [7, 11) is -3.80. The Morgan fingerprint density at radius 3 is 2.73 bits per heavy atom. The summed E-state index contributed by atoms with van der Waals surface area (Å²) in [6.45, 7) is 2.12. The average Bonchev–Trinajstić information content (AvgIpc) is 3.11. The van der Waals surface area contributed by atoms with Crippen LogP contribution in [-0.2, 0) is 10.0 Å². The first-order valence-corrected chi connectivity index (χ1v) is 8.25. The molecule has 0 spiro atoms. The van der Waals surface area contributed by atoms with Gasteiger partial charge in [0.25, 0.3) is 10.0 Å². The van der Waals surface area contributed by atoms with Crippen LogP contribution in [0.4, 0.5) is 0 Å². The number of nitrogens with zero attached hydrogens (tertiary/aromatic N) is 1. The highest BCUT2D eigenvalue weighted by atomic mass is 32.2. The molecule has 0 saturated heterocycles. The number of para-hydroxylation sites is 1. The lowest BCUT2D eigenvalue weighted by atomic mass is 9.98. The van der Waals surface area contributed by atoms with E-state index in [1.54, 1.807) is 6.07 Å². The molecular formula is C15H14N2O4S. The summed E-state index contributed by atoms with van der Waals surface area (Å²) < 4.78 is 37.4. The van der Waals surface area contributed by atoms with Crippen LogP contribution in [0.1, 0.15) is 24.2 Å². The van der Waals surface area contributed by atoms with Crippen LogP contribution in [-0.4, -0.2) is 21.1 Å². The van der Waals surface area contributed by atoms with Gasteiger partial charge in [-0.1, -0.05) is 25.1 Å². The van der Waals surface area contributed by atoms with Gasteiger partial charge in [-0.2, -0.15) is 5.26 Å². The van der Waals surface area contributed by atoms with Crippen molar-refractivity contribution in [3.05, 3.63) is 47.7 Å². The number of benzene rings is 1. The molecule has 1 N–H and O–H groups in total. The highest BCUT2D eigenvalue weighted by Crippen LogP contribution is 2.37. The zero-order valence-corrected chi connectivity index (χ0v) is 12.6. The Hall–Kier alpha value is -2.30. The summed E-state index contributed by atoms with van der Waals surface area (Å²) in [4.78, 5) is 0. The lowest BCUT2D eigenvalue weighted by Crippen LogP contribution is -2.35. The van der Waals surface area contributed by atoms with E-state index in [9.17, 15) is 8.42 Å². The quantitative estimate of drug-likeness (QED) is 0.930. The number of nitriles is 1. The predicted molar refractivity (Wildman–Crippen MR) is 77.9 cm³/mol. The van der Waals surface area contributed by atoms with E-state index in [-0.39, 0.29) is 29.4 Å². The van der Waals surface area contributed by atoms with Gasteiger partial charge < -0.3 is 9.15 Å². The minimum atomic E-state index is -3.80. The smallest absolute Gasteiger partial charge is 0.274 e. The van der Waals surface area contributed by atoms with Crippen molar-refractivity contribution < 1.29 is 17.6 Å². The van der Waals surface area contributed by atoms with Gasteiger partial charge in [-0.15, -0.1) is 0 Å². The second-order valence-electron chi connectivity index (χ2n) is 5.07. The maximum absolute atomic E-state index is 12.1. The molecule has 1 aliphatic heterocycles. The molecule has 114 valence electrons. The van der Waals surface area contributed by atoms with Crippen molar-refractivity contribution in [2.24, 2.45) is 0 Å². The monoisotopic (exact) mass is 318 g/mol. The minimum absolute atomic E-state index is 0.0433. The Morgan fingerprint density at radius 1 is 1.27 bits per heavy atom. The molecule has 0 saturated carbocycles. The molecule has 7 heteroatoms. The third-order valence-corrected chi connectivity index (χ3v) is 4.97. The topological polar surface area (TPSA) is 92.3 Å². The standard InChI is InChI=1S/C15H14N2O4S/c1-10-12-4-2-3-5-13(12)21-14(10)9-17-22(18,19)15-7-6-11(8-16)20-15/h2-7,10,14,17H,9H2,1H3/t10-,14-/m1/s1. The summed E-state index contributed by atoms with van der Waals surface area (Å²) in [6, 6.07) is 12.0. The first kappa shape index (κ1) is 14.6. The van der Waals surface area contributed by atoms with E-state index in [4.69, 9.17) is 14.4 Å². The molecule has 0 aliphatic carbocycles. The van der Waals surface area contributed by atoms with Gasteiger partial charge in [-0.05, 0) is 18.2 Å². The maximum atomic E-state index is 12.1. The van der Waals surface area contributed by atoms with Gasteiger partial charge in [0, 0.05) is 18.0 Å². The van der Waals surface area contributed by atoms with Gasteiger partial charge in [0.15, 0.2) is 0 Å². The second kappa shape index (κ2) is 5.48. The Morgan fingerprint density at radius 2 is 2.05 bits per heavy atom. The maximum Gasteiger partial charge on any atom is 0.274 e. The first-order valence-electron chi connectivity index (χ1n) is 6.76. The lowest BCUT2D eigenvalue weighted by Gasteiger charge is -2.15. The van der Waals surface area contributed by atoms with Crippen molar-refractivity contribution in [3.8, 4) is 11.8 Å². The second-order valence-corrected chi connectivity index (χ2v) is 6.76. The van der Waals surface area contributed by atoms with Crippen LogP contribution in [0.25, 0.3) is 0 Å². The summed E-state index contributed by atoms with van der Waals surface area (Å²) >= 11 is 0. The fourth-order valence-corrected chi connectivity index (χ4v) is 3.41. The normalized spacial score (nSPS) is 20.2. The van der Waals surface area contributed by atoms with Crippen LogP contribution in [0.15, 0.2) is 45.9 Å². The van der Waals surface area contributed by atoms with E-state index in [0.717, 1.165) is 11.3 Å². The van der Waals surface area contributed by atoms with Crippen LogP contribution in [0.3, 0.4) is 0 Å². The number of nitrogens with one attached hydrogen (secondary N) is 1. The molecular weight excluding hydrogens is 304 g/mol. The molecule has 2 atom stereocenters. The van der Waals surface area contributed by atoms with E-state index in [1.165, 1.54) is 12.1 Å². The number of ether oxygens (including phenoxy) is 1. The zero-order chi connectivity index (χ0) is 15.7. The van der Waals surface area contributed by atoms with Crippen LogP contribution in [0, 0.1) is 11.3 Å². The number of rotatable bonds is 4. The van der Waals surface area contributed by atoms with E-state index >= 15 is 0 Å². The van der Waals surface area contributed by atoms with E-state index < -0.39 is 10.0 Å². The molecule has 0 bridgehead atoms. The highest BCUT2D eigenvalue weighted by Gasteiger charge is 2.32. The molecule has 3 rings (SSSR count). The molecule has 0 unspecified atom stereocenters. The van der Waals surface area contributed by atoms with Gasteiger partial charge in [0.1, 0.15) is 17.9 Å². The first-order chi connectivity index (χ1) is 10.5. The van der Waals surface area contributed by atoms with Gasteiger partial charge in [-0.25, -0.2) is 13.1 Å². The molecule has 0 fully saturated rings. The van der Waals surface area contributed by atoms with Crippen molar-refractivity contribution >= 4 is 10.0 Å². The summed E-state index contributed by atoms with van der Waals surface area (Å²) in [6.07, 6.45) is -0.280. The summed E-state index contributed by atoms with van der Waals surface area (Å²) in [5, 5.41) is 8.40. The van der Waals surface area contributed by atoms with Crippen molar-refractivity contribution in [2.45, 2.75) is 24.0 Å². The van der Waals surface area contributed by atoms with Crippen molar-refractivity contribution in [3.63, 3.8) is 0 Å². The number of furan rings is 1. The summed E-state index contributed by atoms with van der Waals surface area (Å²) in [5.41, 5.74) is 1.07. The third-order valence-electron chi connectivity index (χ3n) is 3.68. The largest absolute Gasteiger partial charge is 0.488 e. The van der Waals surface area contributed by atoms with E-state index in [0.29, 0.717) is 0 Å². The van der Waals surface area contributed by atoms with E-state index in [2.05, 4.69) is 4.72 Å². The van der Waals surface area contributed by atoms with Crippen LogP contribution in [0.5, 0.6) is 5.75 Å². The zero-order valence-electron chi connectivity index (χ0n) is 11.8. The molecule has 0 amide bonds.